The van der Waals surface area contributed by atoms with E-state index in [1.807, 2.05) is 12.1 Å². The summed E-state index contributed by atoms with van der Waals surface area (Å²) in [6.45, 7) is 1.04. The molecule has 2 N–H and O–H groups in total. The largest absolute Gasteiger partial charge is 0.478 e. The number of carbonyl (C=O) groups excluding carboxylic acids is 2. The van der Waals surface area contributed by atoms with Gasteiger partial charge in [0.05, 0.1) is 24.0 Å². The second kappa shape index (κ2) is 10.0. The number of pyridine rings is 1. The molecule has 3 aliphatic heterocycles. The van der Waals surface area contributed by atoms with Crippen LogP contribution in [0.25, 0.3) is 0 Å². The summed E-state index contributed by atoms with van der Waals surface area (Å²) in [5.74, 6) is -1.27. The SMILES string of the molecule is O=C(O)c1c(NC2CCCCO2)sc2c1CCOC2CN1C(=O)SC(Cc2ccccn2)C1=O. The number of imide groups is 1. The van der Waals surface area contributed by atoms with Gasteiger partial charge in [0.2, 0.25) is 5.91 Å². The lowest BCUT2D eigenvalue weighted by Gasteiger charge is -2.26. The summed E-state index contributed by atoms with van der Waals surface area (Å²) in [7, 11) is 0. The predicted molar refractivity (Wildman–Crippen MR) is 127 cm³/mol. The van der Waals surface area contributed by atoms with Crippen molar-refractivity contribution in [2.45, 2.75) is 49.7 Å². The van der Waals surface area contributed by atoms with Crippen LogP contribution >= 0.6 is 23.1 Å². The number of fused-ring (bicyclic) bond motifs is 1. The van der Waals surface area contributed by atoms with Crippen molar-refractivity contribution in [2.24, 2.45) is 0 Å². The number of nitrogens with zero attached hydrogens (tertiary/aromatic N) is 2. The standard InChI is InChI=1S/C23H25N3O6S2/c27-21-16(11-13-5-1-3-8-24-13)33-23(30)26(21)12-15-19-14(7-10-31-15)18(22(28)29)20(34-19)25-17-6-2-4-9-32-17/h1,3,5,8,15-17,25H,2,4,6-7,9-12H2,(H,28,29). The van der Waals surface area contributed by atoms with Crippen LogP contribution in [0.2, 0.25) is 0 Å². The third kappa shape index (κ3) is 4.70. The van der Waals surface area contributed by atoms with Crippen molar-refractivity contribution in [1.82, 2.24) is 9.88 Å². The number of carboxylic acids is 1. The molecule has 0 radical (unpaired) electrons. The van der Waals surface area contributed by atoms with E-state index in [0.717, 1.165) is 41.6 Å². The molecule has 5 heterocycles. The van der Waals surface area contributed by atoms with E-state index >= 15 is 0 Å². The molecule has 9 nitrogen and oxygen atoms in total. The number of ether oxygens (including phenoxy) is 2. The lowest BCUT2D eigenvalue weighted by Crippen LogP contribution is -2.37. The molecule has 180 valence electrons. The Bertz CT molecular complexity index is 1090. The topological polar surface area (TPSA) is 118 Å². The maximum Gasteiger partial charge on any atom is 0.338 e. The summed E-state index contributed by atoms with van der Waals surface area (Å²) >= 11 is 2.32. The van der Waals surface area contributed by atoms with Crippen LogP contribution in [0.4, 0.5) is 9.80 Å². The fraction of sp³-hybridized carbons (Fsp3) is 0.478. The van der Waals surface area contributed by atoms with Gasteiger partial charge in [-0.2, -0.15) is 0 Å². The van der Waals surface area contributed by atoms with Crippen molar-refractivity contribution >= 4 is 45.2 Å². The number of carboxylic acid groups (broad SMARTS) is 1. The molecule has 0 aromatic carbocycles. The van der Waals surface area contributed by atoms with Gasteiger partial charge in [0.15, 0.2) is 0 Å². The summed E-state index contributed by atoms with van der Waals surface area (Å²) in [4.78, 5) is 44.1. The highest BCUT2D eigenvalue weighted by Crippen LogP contribution is 2.43. The second-order valence-electron chi connectivity index (χ2n) is 8.41. The van der Waals surface area contributed by atoms with Gasteiger partial charge >= 0.3 is 5.97 Å². The van der Waals surface area contributed by atoms with Gasteiger partial charge in [-0.3, -0.25) is 19.5 Å². The molecule has 0 saturated carbocycles. The van der Waals surface area contributed by atoms with Crippen LogP contribution in [0.3, 0.4) is 0 Å². The fourth-order valence-corrected chi connectivity index (χ4v) is 6.84. The summed E-state index contributed by atoms with van der Waals surface area (Å²) in [5.41, 5.74) is 1.71. The van der Waals surface area contributed by atoms with E-state index in [4.69, 9.17) is 9.47 Å². The maximum atomic E-state index is 13.0. The number of nitrogens with one attached hydrogen (secondary N) is 1. The van der Waals surface area contributed by atoms with Crippen LogP contribution in [0.5, 0.6) is 0 Å². The van der Waals surface area contributed by atoms with Crippen LogP contribution in [0.1, 0.15) is 51.9 Å². The zero-order valence-corrected chi connectivity index (χ0v) is 20.0. The number of thiophene rings is 1. The molecule has 5 rings (SSSR count). The van der Waals surface area contributed by atoms with Gasteiger partial charge < -0.3 is 19.9 Å². The monoisotopic (exact) mass is 503 g/mol. The third-order valence-corrected chi connectivity index (χ3v) is 8.49. The Morgan fingerprint density at radius 2 is 2.12 bits per heavy atom. The smallest absolute Gasteiger partial charge is 0.338 e. The number of aromatic nitrogens is 1. The summed E-state index contributed by atoms with van der Waals surface area (Å²) in [5, 5.41) is 12.9. The molecule has 0 bridgehead atoms. The molecule has 2 saturated heterocycles. The molecule has 2 amide bonds. The van der Waals surface area contributed by atoms with Crippen LogP contribution in [0, 0.1) is 0 Å². The Labute approximate surface area is 204 Å². The quantitative estimate of drug-likeness (QED) is 0.583. The number of hydrogen-bond acceptors (Lipinski definition) is 9. The van der Waals surface area contributed by atoms with Crippen molar-refractivity contribution in [3.8, 4) is 0 Å². The number of anilines is 1. The molecule has 3 aliphatic rings. The first-order valence-corrected chi connectivity index (χ1v) is 13.0. The number of aromatic carboxylic acids is 1. The average molecular weight is 504 g/mol. The zero-order chi connectivity index (χ0) is 23.7. The van der Waals surface area contributed by atoms with Crippen molar-refractivity contribution in [3.05, 3.63) is 46.1 Å². The molecule has 0 aliphatic carbocycles. The molecular weight excluding hydrogens is 478 g/mol. The van der Waals surface area contributed by atoms with Crippen LogP contribution < -0.4 is 5.32 Å². The van der Waals surface area contributed by atoms with Gasteiger partial charge in [-0.25, -0.2) is 4.79 Å². The van der Waals surface area contributed by atoms with E-state index in [2.05, 4.69) is 10.3 Å². The van der Waals surface area contributed by atoms with Crippen LogP contribution in [0.15, 0.2) is 24.4 Å². The van der Waals surface area contributed by atoms with Gasteiger partial charge in [-0.15, -0.1) is 11.3 Å². The van der Waals surface area contributed by atoms with E-state index in [-0.39, 0.29) is 29.5 Å². The number of amides is 2. The predicted octanol–water partition coefficient (Wildman–Crippen LogP) is 3.70. The van der Waals surface area contributed by atoms with E-state index in [9.17, 15) is 19.5 Å². The van der Waals surface area contributed by atoms with Gasteiger partial charge in [-0.05, 0) is 43.4 Å². The maximum absolute atomic E-state index is 13.0. The first-order chi connectivity index (χ1) is 16.5. The number of carbonyl (C=O) groups is 3. The van der Waals surface area contributed by atoms with Crippen molar-refractivity contribution in [1.29, 1.82) is 0 Å². The van der Waals surface area contributed by atoms with E-state index < -0.39 is 17.3 Å². The Kier molecular flexibility index (Phi) is 6.87. The summed E-state index contributed by atoms with van der Waals surface area (Å²) in [6.07, 6.45) is 4.56. The molecule has 0 spiro atoms. The first-order valence-electron chi connectivity index (χ1n) is 11.3. The van der Waals surface area contributed by atoms with Crippen molar-refractivity contribution < 1.29 is 29.0 Å². The molecule has 11 heteroatoms. The van der Waals surface area contributed by atoms with Gasteiger partial charge in [0.1, 0.15) is 17.3 Å². The van der Waals surface area contributed by atoms with Crippen LogP contribution in [-0.4, -0.2) is 63.3 Å². The van der Waals surface area contributed by atoms with E-state index in [1.54, 1.807) is 12.3 Å². The normalized spacial score (nSPS) is 24.8. The lowest BCUT2D eigenvalue weighted by molar-refractivity contribution is -0.128. The Morgan fingerprint density at radius 1 is 1.24 bits per heavy atom. The number of thioether (sulfide) groups is 1. The Balaban J connectivity index is 1.35. The minimum Gasteiger partial charge on any atom is -0.478 e. The van der Waals surface area contributed by atoms with Crippen LogP contribution in [-0.2, 0) is 27.1 Å². The Morgan fingerprint density at radius 3 is 2.85 bits per heavy atom. The zero-order valence-electron chi connectivity index (χ0n) is 18.4. The second-order valence-corrected chi connectivity index (χ2v) is 10.6. The highest BCUT2D eigenvalue weighted by atomic mass is 32.2. The highest BCUT2D eigenvalue weighted by Gasteiger charge is 2.42. The third-order valence-electron chi connectivity index (χ3n) is 6.16. The molecule has 3 unspecified atom stereocenters. The van der Waals surface area contributed by atoms with Crippen molar-refractivity contribution in [3.63, 3.8) is 0 Å². The highest BCUT2D eigenvalue weighted by molar-refractivity contribution is 8.15. The lowest BCUT2D eigenvalue weighted by atomic mass is 10.0. The number of rotatable bonds is 7. The first kappa shape index (κ1) is 23.3. The Hall–Kier alpha value is -2.47. The van der Waals surface area contributed by atoms with E-state index in [1.165, 1.54) is 16.2 Å². The van der Waals surface area contributed by atoms with E-state index in [0.29, 0.717) is 36.6 Å². The minimum atomic E-state index is -1.00. The molecule has 3 atom stereocenters. The molecule has 2 aromatic rings. The van der Waals surface area contributed by atoms with Gasteiger partial charge in [0, 0.05) is 29.8 Å². The van der Waals surface area contributed by atoms with Crippen molar-refractivity contribution in [2.75, 3.05) is 25.1 Å². The van der Waals surface area contributed by atoms with Gasteiger partial charge in [0.25, 0.3) is 5.24 Å². The minimum absolute atomic E-state index is 0.0648. The number of hydrogen-bond donors (Lipinski definition) is 2. The fourth-order valence-electron chi connectivity index (χ4n) is 4.50. The molecule has 34 heavy (non-hydrogen) atoms. The molecule has 2 aromatic heterocycles. The summed E-state index contributed by atoms with van der Waals surface area (Å²) in [6, 6.07) is 5.49. The molecule has 2 fully saturated rings. The average Bonchev–Trinajstić information content (AvgIpc) is 3.33. The summed E-state index contributed by atoms with van der Waals surface area (Å²) < 4.78 is 11.7. The molecular formula is C23H25N3O6S2. The van der Waals surface area contributed by atoms with Gasteiger partial charge in [-0.1, -0.05) is 17.8 Å².